The van der Waals surface area contributed by atoms with E-state index >= 15 is 0 Å². The summed E-state index contributed by atoms with van der Waals surface area (Å²) in [6.07, 6.45) is 2.38. The van der Waals surface area contributed by atoms with Gasteiger partial charge in [0.25, 0.3) is 0 Å². The molecule has 1 unspecified atom stereocenters. The van der Waals surface area contributed by atoms with Crippen LogP contribution >= 0.6 is 11.3 Å². The Hall–Kier alpha value is -1.18. The van der Waals surface area contributed by atoms with Crippen LogP contribution in [0, 0.1) is 12.8 Å². The highest BCUT2D eigenvalue weighted by molar-refractivity contribution is 7.09. The number of nitrogens with one attached hydrogen (secondary N) is 1. The van der Waals surface area contributed by atoms with Gasteiger partial charge in [0, 0.05) is 24.7 Å². The number of aryl methyl sites for hydroxylation is 1. The number of aromatic nitrogens is 1. The topological polar surface area (TPSA) is 74.7 Å². The molecule has 1 aromatic rings. The minimum atomic E-state index is -0.465. The SMILES string of the molecule is COC[C@@H]1C[C@@H](O)CN1C(=O)NC(c1nc(C)cs1)C1CC1. The van der Waals surface area contributed by atoms with Gasteiger partial charge in [-0.3, -0.25) is 0 Å². The van der Waals surface area contributed by atoms with Crippen LogP contribution in [-0.4, -0.2) is 53.4 Å². The maximum absolute atomic E-state index is 12.6. The first-order valence-electron chi connectivity index (χ1n) is 7.74. The summed E-state index contributed by atoms with van der Waals surface area (Å²) in [6, 6.07) is -0.187. The van der Waals surface area contributed by atoms with Gasteiger partial charge in [-0.1, -0.05) is 0 Å². The highest BCUT2D eigenvalue weighted by atomic mass is 32.1. The van der Waals surface area contributed by atoms with Crippen LogP contribution in [0.4, 0.5) is 4.79 Å². The number of methoxy groups -OCH3 is 1. The molecule has 0 spiro atoms. The molecule has 6 nitrogen and oxygen atoms in total. The van der Waals surface area contributed by atoms with Crippen LogP contribution < -0.4 is 5.32 Å². The van der Waals surface area contributed by atoms with Gasteiger partial charge in [-0.05, 0) is 32.1 Å². The number of likely N-dealkylation sites (tertiary alicyclic amines) is 1. The summed E-state index contributed by atoms with van der Waals surface area (Å²) in [5.41, 5.74) is 0.994. The van der Waals surface area contributed by atoms with Crippen molar-refractivity contribution in [1.29, 1.82) is 0 Å². The number of carbonyl (C=O) groups excluding carboxylic acids is 1. The number of β-amino-alcohol motifs (C(OH)–C–C–N with tert-alkyl or cyclic N) is 1. The van der Waals surface area contributed by atoms with E-state index in [1.807, 2.05) is 12.3 Å². The lowest BCUT2D eigenvalue weighted by atomic mass is 10.2. The molecule has 0 bridgehead atoms. The van der Waals surface area contributed by atoms with E-state index in [1.165, 1.54) is 0 Å². The van der Waals surface area contributed by atoms with Crippen molar-refractivity contribution in [3.8, 4) is 0 Å². The largest absolute Gasteiger partial charge is 0.391 e. The first kappa shape index (κ1) is 15.7. The second-order valence-corrected chi connectivity index (χ2v) is 7.13. The first-order chi connectivity index (χ1) is 10.6. The van der Waals surface area contributed by atoms with Crippen molar-refractivity contribution < 1.29 is 14.6 Å². The van der Waals surface area contributed by atoms with Crippen LogP contribution in [-0.2, 0) is 4.74 Å². The van der Waals surface area contributed by atoms with E-state index in [0.717, 1.165) is 23.5 Å². The number of urea groups is 1. The molecule has 1 aliphatic heterocycles. The number of carbonyl (C=O) groups is 1. The zero-order valence-electron chi connectivity index (χ0n) is 13.0. The van der Waals surface area contributed by atoms with Gasteiger partial charge in [0.2, 0.25) is 0 Å². The standard InChI is InChI=1S/C15H23N3O3S/c1-9-8-22-14(16-9)13(10-3-4-10)17-15(20)18-6-12(19)5-11(18)7-21-2/h8,10-13,19H,3-7H2,1-2H3,(H,17,20)/t11-,12+,13?/m0/s1. The smallest absolute Gasteiger partial charge is 0.318 e. The number of aliphatic hydroxyl groups excluding tert-OH is 1. The van der Waals surface area contributed by atoms with Crippen molar-refractivity contribution >= 4 is 17.4 Å². The Morgan fingerprint density at radius 2 is 2.41 bits per heavy atom. The second-order valence-electron chi connectivity index (χ2n) is 6.24. The minimum Gasteiger partial charge on any atom is -0.391 e. The Kier molecular flexibility index (Phi) is 4.65. The molecule has 0 aromatic carbocycles. The fourth-order valence-electron chi connectivity index (χ4n) is 3.03. The van der Waals surface area contributed by atoms with E-state index in [1.54, 1.807) is 23.3 Å². The summed E-state index contributed by atoms with van der Waals surface area (Å²) >= 11 is 1.60. The highest BCUT2D eigenvalue weighted by Gasteiger charge is 2.39. The van der Waals surface area contributed by atoms with E-state index in [9.17, 15) is 9.90 Å². The molecule has 3 rings (SSSR count). The number of hydrogen-bond donors (Lipinski definition) is 2. The molecule has 122 valence electrons. The van der Waals surface area contributed by atoms with E-state index in [2.05, 4.69) is 10.3 Å². The molecule has 1 saturated carbocycles. The van der Waals surface area contributed by atoms with Crippen LogP contribution in [0.2, 0.25) is 0 Å². The number of ether oxygens (including phenoxy) is 1. The molecule has 2 aliphatic rings. The predicted molar refractivity (Wildman–Crippen MR) is 83.8 cm³/mol. The van der Waals surface area contributed by atoms with Gasteiger partial charge in [-0.2, -0.15) is 0 Å². The number of amides is 2. The Labute approximate surface area is 134 Å². The molecule has 2 amide bonds. The van der Waals surface area contributed by atoms with Crippen molar-refractivity contribution in [3.05, 3.63) is 16.1 Å². The molecule has 2 fully saturated rings. The second kappa shape index (κ2) is 6.52. The average Bonchev–Trinajstić information content (AvgIpc) is 3.12. The molecule has 1 aromatic heterocycles. The van der Waals surface area contributed by atoms with E-state index in [4.69, 9.17) is 4.74 Å². The van der Waals surface area contributed by atoms with Gasteiger partial charge in [-0.15, -0.1) is 11.3 Å². The summed E-state index contributed by atoms with van der Waals surface area (Å²) in [6.45, 7) is 2.79. The fraction of sp³-hybridized carbons (Fsp3) is 0.733. The van der Waals surface area contributed by atoms with Crippen LogP contribution in [0.25, 0.3) is 0 Å². The number of nitrogens with zero attached hydrogens (tertiary/aromatic N) is 2. The van der Waals surface area contributed by atoms with Crippen LogP contribution in [0.15, 0.2) is 5.38 Å². The third-order valence-electron chi connectivity index (χ3n) is 4.29. The molecule has 2 heterocycles. The van der Waals surface area contributed by atoms with Gasteiger partial charge in [0.05, 0.1) is 24.8 Å². The normalized spacial score (nSPS) is 26.2. The number of thiazole rings is 1. The maximum Gasteiger partial charge on any atom is 0.318 e. The molecule has 7 heteroatoms. The van der Waals surface area contributed by atoms with Crippen LogP contribution in [0.5, 0.6) is 0 Å². The summed E-state index contributed by atoms with van der Waals surface area (Å²) in [7, 11) is 1.62. The van der Waals surface area contributed by atoms with Crippen molar-refractivity contribution in [2.75, 3.05) is 20.3 Å². The summed E-state index contributed by atoms with van der Waals surface area (Å²) in [5.74, 6) is 0.489. The lowest BCUT2D eigenvalue weighted by Gasteiger charge is -2.26. The minimum absolute atomic E-state index is 0.00728. The van der Waals surface area contributed by atoms with E-state index < -0.39 is 6.10 Å². The van der Waals surface area contributed by atoms with Gasteiger partial charge >= 0.3 is 6.03 Å². The molecular weight excluding hydrogens is 302 g/mol. The van der Waals surface area contributed by atoms with E-state index in [-0.39, 0.29) is 18.1 Å². The Bertz CT molecular complexity index is 532. The van der Waals surface area contributed by atoms with Crippen molar-refractivity contribution in [2.45, 2.75) is 44.4 Å². The lowest BCUT2D eigenvalue weighted by molar-refractivity contribution is 0.121. The summed E-state index contributed by atoms with van der Waals surface area (Å²) in [4.78, 5) is 18.9. The van der Waals surface area contributed by atoms with Crippen LogP contribution in [0.1, 0.15) is 36.0 Å². The molecule has 3 atom stereocenters. The fourth-order valence-corrected chi connectivity index (χ4v) is 3.97. The molecule has 1 aliphatic carbocycles. The van der Waals surface area contributed by atoms with Crippen molar-refractivity contribution in [2.24, 2.45) is 5.92 Å². The number of rotatable bonds is 5. The number of hydrogen-bond acceptors (Lipinski definition) is 5. The Morgan fingerprint density at radius 1 is 1.64 bits per heavy atom. The zero-order valence-corrected chi connectivity index (χ0v) is 13.8. The van der Waals surface area contributed by atoms with Gasteiger partial charge in [-0.25, -0.2) is 9.78 Å². The quantitative estimate of drug-likeness (QED) is 0.864. The van der Waals surface area contributed by atoms with Gasteiger partial charge in [0.1, 0.15) is 5.01 Å². The first-order valence-corrected chi connectivity index (χ1v) is 8.62. The van der Waals surface area contributed by atoms with Gasteiger partial charge in [0.15, 0.2) is 0 Å². The summed E-state index contributed by atoms with van der Waals surface area (Å²) < 4.78 is 5.16. The third kappa shape index (κ3) is 3.42. The predicted octanol–water partition coefficient (Wildman–Crippen LogP) is 1.69. The molecular formula is C15H23N3O3S. The zero-order chi connectivity index (χ0) is 15.7. The Balaban J connectivity index is 1.68. The van der Waals surface area contributed by atoms with Gasteiger partial charge < -0.3 is 20.1 Å². The molecule has 22 heavy (non-hydrogen) atoms. The average molecular weight is 325 g/mol. The summed E-state index contributed by atoms with van der Waals surface area (Å²) in [5, 5.41) is 16.0. The third-order valence-corrected chi connectivity index (χ3v) is 5.33. The van der Waals surface area contributed by atoms with Crippen molar-refractivity contribution in [3.63, 3.8) is 0 Å². The lowest BCUT2D eigenvalue weighted by Crippen LogP contribution is -2.46. The molecule has 0 radical (unpaired) electrons. The molecule has 2 N–H and O–H groups in total. The Morgan fingerprint density at radius 3 is 3.00 bits per heavy atom. The highest BCUT2D eigenvalue weighted by Crippen LogP contribution is 2.42. The van der Waals surface area contributed by atoms with E-state index in [0.29, 0.717) is 25.5 Å². The maximum atomic E-state index is 12.6. The van der Waals surface area contributed by atoms with Crippen molar-refractivity contribution in [1.82, 2.24) is 15.2 Å². The number of aliphatic hydroxyl groups is 1. The molecule has 1 saturated heterocycles. The monoisotopic (exact) mass is 325 g/mol. The van der Waals surface area contributed by atoms with Crippen LogP contribution in [0.3, 0.4) is 0 Å².